The molecular weight excluding hydrogens is 236 g/mol. The van der Waals surface area contributed by atoms with Crippen LogP contribution in [0.25, 0.3) is 0 Å². The van der Waals surface area contributed by atoms with E-state index >= 15 is 0 Å². The molecule has 0 spiro atoms. The standard InChI is InChI=1S/C9H14O8/c10-2-1-7(14)17-4-6(13)9(16)8(15)5(12)3-11/h1,5-6,8-9,11-13,15-16H,3-4H2/t5-,6+,8-,9-/m1/s1. The van der Waals surface area contributed by atoms with Gasteiger partial charge in [0.2, 0.25) is 0 Å². The second-order valence-electron chi connectivity index (χ2n) is 3.19. The highest BCUT2D eigenvalue weighted by Gasteiger charge is 2.30. The van der Waals surface area contributed by atoms with Crippen molar-refractivity contribution in [3.05, 3.63) is 6.08 Å². The summed E-state index contributed by atoms with van der Waals surface area (Å²) in [7, 11) is 0. The van der Waals surface area contributed by atoms with Crippen LogP contribution < -0.4 is 0 Å². The Morgan fingerprint density at radius 2 is 1.71 bits per heavy atom. The Labute approximate surface area is 96.4 Å². The zero-order valence-electron chi connectivity index (χ0n) is 8.76. The molecule has 0 aromatic carbocycles. The first-order valence-electron chi connectivity index (χ1n) is 4.64. The number of carbonyl (C=O) groups is 1. The first kappa shape index (κ1) is 15.7. The fourth-order valence-corrected chi connectivity index (χ4v) is 0.919. The largest absolute Gasteiger partial charge is 0.459 e. The summed E-state index contributed by atoms with van der Waals surface area (Å²) in [6.45, 7) is -1.49. The van der Waals surface area contributed by atoms with E-state index in [1.165, 1.54) is 0 Å². The molecule has 0 aliphatic heterocycles. The Morgan fingerprint density at radius 1 is 1.18 bits per heavy atom. The lowest BCUT2D eigenvalue weighted by Gasteiger charge is -2.25. The number of hydrogen-bond acceptors (Lipinski definition) is 8. The van der Waals surface area contributed by atoms with Crippen molar-refractivity contribution in [3.8, 4) is 0 Å². The van der Waals surface area contributed by atoms with Gasteiger partial charge in [-0.1, -0.05) is 0 Å². The summed E-state index contributed by atoms with van der Waals surface area (Å²) >= 11 is 0. The Balaban J connectivity index is 4.17. The number of esters is 1. The fraction of sp³-hybridized carbons (Fsp3) is 0.667. The van der Waals surface area contributed by atoms with Gasteiger partial charge >= 0.3 is 5.97 Å². The molecule has 0 unspecified atom stereocenters. The van der Waals surface area contributed by atoms with Gasteiger partial charge < -0.3 is 30.3 Å². The molecule has 17 heavy (non-hydrogen) atoms. The quantitative estimate of drug-likeness (QED) is 0.177. The predicted octanol–water partition coefficient (Wildman–Crippen LogP) is -3.65. The highest BCUT2D eigenvalue weighted by molar-refractivity contribution is 5.89. The first-order chi connectivity index (χ1) is 7.93. The number of ether oxygens (including phenoxy) is 1. The zero-order valence-corrected chi connectivity index (χ0v) is 8.76. The van der Waals surface area contributed by atoms with Gasteiger partial charge in [-0.05, 0) is 0 Å². The van der Waals surface area contributed by atoms with Gasteiger partial charge in [0, 0.05) is 0 Å². The second kappa shape index (κ2) is 7.91. The molecule has 0 aliphatic rings. The number of carbonyl (C=O) groups excluding carboxylic acids is 2. The highest BCUT2D eigenvalue weighted by Crippen LogP contribution is 2.05. The third kappa shape index (κ3) is 5.55. The van der Waals surface area contributed by atoms with E-state index in [-0.39, 0.29) is 0 Å². The van der Waals surface area contributed by atoms with Crippen molar-refractivity contribution in [2.45, 2.75) is 24.4 Å². The third-order valence-electron chi connectivity index (χ3n) is 1.90. The van der Waals surface area contributed by atoms with Crippen molar-refractivity contribution >= 4 is 11.9 Å². The van der Waals surface area contributed by atoms with Crippen molar-refractivity contribution in [3.63, 3.8) is 0 Å². The molecule has 5 N–H and O–H groups in total. The van der Waals surface area contributed by atoms with Gasteiger partial charge in [-0.15, -0.1) is 0 Å². The molecule has 0 rings (SSSR count). The second-order valence-corrected chi connectivity index (χ2v) is 3.19. The van der Waals surface area contributed by atoms with E-state index in [9.17, 15) is 24.9 Å². The molecule has 0 aromatic heterocycles. The summed E-state index contributed by atoms with van der Waals surface area (Å²) in [5.74, 6) is 0.0882. The molecule has 0 heterocycles. The Bertz CT molecular complexity index is 285. The predicted molar refractivity (Wildman–Crippen MR) is 52.3 cm³/mol. The molecule has 0 aliphatic carbocycles. The summed E-state index contributed by atoms with van der Waals surface area (Å²) in [4.78, 5) is 20.4. The lowest BCUT2D eigenvalue weighted by molar-refractivity contribution is -0.151. The minimum absolute atomic E-state index is 0.443. The Hall–Kier alpha value is -1.28. The van der Waals surface area contributed by atoms with Crippen molar-refractivity contribution in [2.75, 3.05) is 13.2 Å². The van der Waals surface area contributed by atoms with E-state index in [1.807, 2.05) is 0 Å². The van der Waals surface area contributed by atoms with Gasteiger partial charge in [0.05, 0.1) is 6.61 Å². The Morgan fingerprint density at radius 3 is 2.18 bits per heavy atom. The Kier molecular flexibility index (Phi) is 7.31. The van der Waals surface area contributed by atoms with Gasteiger partial charge in [-0.2, -0.15) is 0 Å². The van der Waals surface area contributed by atoms with E-state index in [0.717, 1.165) is 5.94 Å². The zero-order chi connectivity index (χ0) is 13.4. The van der Waals surface area contributed by atoms with Crippen LogP contribution in [0.4, 0.5) is 0 Å². The minimum atomic E-state index is -1.81. The molecule has 8 nitrogen and oxygen atoms in total. The van der Waals surface area contributed by atoms with Gasteiger partial charge in [0.25, 0.3) is 0 Å². The molecule has 0 radical (unpaired) electrons. The van der Waals surface area contributed by atoms with Crippen LogP contribution in [-0.2, 0) is 14.3 Å². The van der Waals surface area contributed by atoms with E-state index in [1.54, 1.807) is 0 Å². The SMILES string of the molecule is O=C=CC(=O)OC[C@H](O)[C@@H](O)[C@H](O)[C@H](O)CO. The van der Waals surface area contributed by atoms with Crippen LogP contribution in [-0.4, -0.2) is 75.1 Å². The summed E-state index contributed by atoms with van der Waals surface area (Å²) in [6, 6.07) is 0. The maximum atomic E-state index is 10.6. The molecule has 0 saturated heterocycles. The van der Waals surface area contributed by atoms with Crippen molar-refractivity contribution in [2.24, 2.45) is 0 Å². The fourth-order valence-electron chi connectivity index (χ4n) is 0.919. The molecule has 0 saturated carbocycles. The molecule has 0 amide bonds. The van der Waals surface area contributed by atoms with Crippen LogP contribution in [0.1, 0.15) is 0 Å². The average molecular weight is 250 g/mol. The van der Waals surface area contributed by atoms with Crippen molar-refractivity contribution in [1.29, 1.82) is 0 Å². The molecule has 0 aromatic rings. The average Bonchev–Trinajstić information content (AvgIpc) is 2.33. The highest BCUT2D eigenvalue weighted by atomic mass is 16.5. The van der Waals surface area contributed by atoms with Crippen LogP contribution in [0.15, 0.2) is 6.08 Å². The van der Waals surface area contributed by atoms with Crippen molar-refractivity contribution < 1.29 is 39.9 Å². The lowest BCUT2D eigenvalue weighted by atomic mass is 10.0. The van der Waals surface area contributed by atoms with E-state index < -0.39 is 43.6 Å². The number of rotatable bonds is 7. The number of aliphatic hydroxyl groups is 5. The summed E-state index contributed by atoms with van der Waals surface area (Å²) in [5.41, 5.74) is 0. The first-order valence-corrected chi connectivity index (χ1v) is 4.64. The van der Waals surface area contributed by atoms with E-state index in [2.05, 4.69) is 4.74 Å². The molecule has 0 bridgehead atoms. The van der Waals surface area contributed by atoms with Gasteiger partial charge in [-0.25, -0.2) is 9.59 Å². The van der Waals surface area contributed by atoms with Gasteiger partial charge in [-0.3, -0.25) is 0 Å². The minimum Gasteiger partial charge on any atom is -0.459 e. The number of aliphatic hydroxyl groups excluding tert-OH is 5. The normalized spacial score (nSPS) is 17.5. The maximum Gasteiger partial charge on any atom is 0.342 e. The van der Waals surface area contributed by atoms with Gasteiger partial charge in [0.15, 0.2) is 0 Å². The van der Waals surface area contributed by atoms with E-state index in [0.29, 0.717) is 6.08 Å². The van der Waals surface area contributed by atoms with Crippen LogP contribution in [0, 0.1) is 0 Å². The smallest absolute Gasteiger partial charge is 0.342 e. The molecule has 4 atom stereocenters. The lowest BCUT2D eigenvalue weighted by Crippen LogP contribution is -2.47. The summed E-state index contributed by atoms with van der Waals surface area (Å²) in [5, 5.41) is 45.2. The van der Waals surface area contributed by atoms with Crippen LogP contribution >= 0.6 is 0 Å². The van der Waals surface area contributed by atoms with Gasteiger partial charge in [0.1, 0.15) is 43.0 Å². The maximum absolute atomic E-state index is 10.6. The molecule has 0 fully saturated rings. The molecule has 8 heteroatoms. The van der Waals surface area contributed by atoms with Crippen LogP contribution in [0.3, 0.4) is 0 Å². The third-order valence-corrected chi connectivity index (χ3v) is 1.90. The molecular formula is C9H14O8. The van der Waals surface area contributed by atoms with Crippen LogP contribution in [0.5, 0.6) is 0 Å². The number of hydrogen-bond donors (Lipinski definition) is 5. The van der Waals surface area contributed by atoms with Crippen molar-refractivity contribution in [1.82, 2.24) is 0 Å². The molecule has 98 valence electrons. The van der Waals surface area contributed by atoms with E-state index in [4.69, 9.17) is 10.2 Å². The topological polar surface area (TPSA) is 145 Å². The summed E-state index contributed by atoms with van der Waals surface area (Å²) < 4.78 is 4.31. The van der Waals surface area contributed by atoms with Crippen LogP contribution in [0.2, 0.25) is 0 Å². The monoisotopic (exact) mass is 250 g/mol. The summed E-state index contributed by atoms with van der Waals surface area (Å²) in [6.07, 6.45) is -6.47.